The first-order valence-corrected chi connectivity index (χ1v) is 13.8. The Kier molecular flexibility index (Phi) is 15.9. The van der Waals surface area contributed by atoms with Gasteiger partial charge in [-0.15, -0.1) is 0 Å². The molecule has 0 saturated heterocycles. The summed E-state index contributed by atoms with van der Waals surface area (Å²) in [6.45, 7) is 11.0. The third-order valence-corrected chi connectivity index (χ3v) is 6.79. The van der Waals surface area contributed by atoms with Crippen molar-refractivity contribution in [2.75, 3.05) is 0 Å². The van der Waals surface area contributed by atoms with Crippen LogP contribution in [0, 0.1) is 0 Å². The number of phenols is 1. The molecule has 0 heterocycles. The average molecular weight is 431 g/mol. The predicted molar refractivity (Wildman–Crippen MR) is 140 cm³/mol. The second kappa shape index (κ2) is 17.6. The molecule has 0 amide bonds. The lowest BCUT2D eigenvalue weighted by Gasteiger charge is -2.17. The Morgan fingerprint density at radius 2 is 0.871 bits per heavy atom. The van der Waals surface area contributed by atoms with Crippen molar-refractivity contribution < 1.29 is 5.11 Å². The van der Waals surface area contributed by atoms with Crippen LogP contribution >= 0.6 is 0 Å². The third-order valence-electron chi connectivity index (χ3n) is 6.79. The number of phenolic OH excluding ortho intramolecular Hbond substituents is 1. The molecule has 0 saturated carbocycles. The number of aryl methyl sites for hydroxylation is 1. The third kappa shape index (κ3) is 12.6. The summed E-state index contributed by atoms with van der Waals surface area (Å²) in [5.41, 5.74) is 3.66. The van der Waals surface area contributed by atoms with Gasteiger partial charge >= 0.3 is 0 Å². The fourth-order valence-electron chi connectivity index (χ4n) is 4.65. The maximum Gasteiger partial charge on any atom is 0.122 e. The summed E-state index contributed by atoms with van der Waals surface area (Å²) in [4.78, 5) is 0. The molecule has 0 bridgehead atoms. The minimum atomic E-state index is 0.378. The van der Waals surface area contributed by atoms with Crippen molar-refractivity contribution in [3.63, 3.8) is 0 Å². The summed E-state index contributed by atoms with van der Waals surface area (Å²) >= 11 is 0. The van der Waals surface area contributed by atoms with Crippen LogP contribution in [0.2, 0.25) is 0 Å². The van der Waals surface area contributed by atoms with Crippen molar-refractivity contribution >= 4 is 0 Å². The molecule has 1 aromatic carbocycles. The molecule has 0 aromatic heterocycles. The molecule has 0 fully saturated rings. The molecule has 1 nitrogen and oxygen atoms in total. The Balaban J connectivity index is 2.06. The van der Waals surface area contributed by atoms with Gasteiger partial charge in [-0.05, 0) is 41.4 Å². The van der Waals surface area contributed by atoms with Gasteiger partial charge in [-0.2, -0.15) is 0 Å². The molecular weight excluding hydrogens is 376 g/mol. The van der Waals surface area contributed by atoms with Crippen molar-refractivity contribution in [2.45, 2.75) is 156 Å². The zero-order valence-corrected chi connectivity index (χ0v) is 21.8. The number of benzene rings is 1. The lowest BCUT2D eigenvalue weighted by atomic mass is 9.90. The number of hydrogen-bond donors (Lipinski definition) is 1. The topological polar surface area (TPSA) is 20.2 Å². The number of aromatic hydroxyl groups is 1. The molecule has 1 aromatic rings. The standard InChI is InChI=1S/C30H54O/c1-6-7-8-9-10-11-12-13-14-15-16-17-18-19-20-21-22-27-23-28(25(2)3)30(31)29(24-27)26(4)5/h23-26,31H,6-22H2,1-5H3. The fraction of sp³-hybridized carbons (Fsp3) is 0.800. The van der Waals surface area contributed by atoms with E-state index in [0.717, 1.165) is 17.5 Å². The molecule has 0 radical (unpaired) electrons. The predicted octanol–water partition coefficient (Wildman–Crippen LogP) is 10.4. The van der Waals surface area contributed by atoms with Crippen LogP contribution in [0.1, 0.15) is 166 Å². The molecule has 180 valence electrons. The Morgan fingerprint density at radius 1 is 0.548 bits per heavy atom. The smallest absolute Gasteiger partial charge is 0.122 e. The second-order valence-electron chi connectivity index (χ2n) is 10.5. The van der Waals surface area contributed by atoms with Crippen molar-refractivity contribution in [2.24, 2.45) is 0 Å². The van der Waals surface area contributed by atoms with E-state index in [1.807, 2.05) is 0 Å². The number of hydrogen-bond acceptors (Lipinski definition) is 1. The normalized spacial score (nSPS) is 11.7. The highest BCUT2D eigenvalue weighted by atomic mass is 16.3. The first-order chi connectivity index (χ1) is 15.0. The highest BCUT2D eigenvalue weighted by Crippen LogP contribution is 2.35. The Hall–Kier alpha value is -0.980. The zero-order chi connectivity index (χ0) is 22.9. The van der Waals surface area contributed by atoms with E-state index < -0.39 is 0 Å². The van der Waals surface area contributed by atoms with Crippen LogP contribution in [-0.4, -0.2) is 5.11 Å². The Bertz CT molecular complexity index is 529. The van der Waals surface area contributed by atoms with Crippen LogP contribution in [0.15, 0.2) is 12.1 Å². The van der Waals surface area contributed by atoms with E-state index in [1.54, 1.807) is 0 Å². The van der Waals surface area contributed by atoms with Crippen LogP contribution in [0.25, 0.3) is 0 Å². The van der Waals surface area contributed by atoms with E-state index in [-0.39, 0.29) is 0 Å². The van der Waals surface area contributed by atoms with Gasteiger partial charge in [0.25, 0.3) is 0 Å². The molecule has 0 unspecified atom stereocenters. The van der Waals surface area contributed by atoms with Gasteiger partial charge in [-0.25, -0.2) is 0 Å². The van der Waals surface area contributed by atoms with Crippen LogP contribution in [0.3, 0.4) is 0 Å². The Morgan fingerprint density at radius 3 is 1.19 bits per heavy atom. The summed E-state index contributed by atoms with van der Waals surface area (Å²) in [6, 6.07) is 4.49. The number of rotatable bonds is 19. The van der Waals surface area contributed by atoms with Gasteiger partial charge in [0, 0.05) is 0 Å². The molecule has 31 heavy (non-hydrogen) atoms. The maximum absolute atomic E-state index is 10.6. The van der Waals surface area contributed by atoms with Crippen molar-refractivity contribution in [1.29, 1.82) is 0 Å². The van der Waals surface area contributed by atoms with Crippen molar-refractivity contribution in [3.05, 3.63) is 28.8 Å². The van der Waals surface area contributed by atoms with Gasteiger partial charge < -0.3 is 5.11 Å². The molecule has 1 rings (SSSR count). The van der Waals surface area contributed by atoms with Gasteiger partial charge in [-0.1, -0.05) is 143 Å². The minimum absolute atomic E-state index is 0.378. The summed E-state index contributed by atoms with van der Waals surface area (Å²) in [6.07, 6.45) is 23.8. The van der Waals surface area contributed by atoms with E-state index in [9.17, 15) is 5.11 Å². The van der Waals surface area contributed by atoms with E-state index in [0.29, 0.717) is 17.6 Å². The quantitative estimate of drug-likeness (QED) is 0.216. The maximum atomic E-state index is 10.6. The van der Waals surface area contributed by atoms with E-state index in [4.69, 9.17) is 0 Å². The molecule has 0 aliphatic rings. The van der Waals surface area contributed by atoms with Crippen LogP contribution in [0.5, 0.6) is 5.75 Å². The van der Waals surface area contributed by atoms with Crippen LogP contribution in [-0.2, 0) is 6.42 Å². The van der Waals surface area contributed by atoms with Crippen molar-refractivity contribution in [3.8, 4) is 5.75 Å². The van der Waals surface area contributed by atoms with E-state index in [2.05, 4.69) is 46.8 Å². The fourth-order valence-corrected chi connectivity index (χ4v) is 4.65. The molecular formula is C30H54O. The molecule has 0 aliphatic carbocycles. The monoisotopic (exact) mass is 430 g/mol. The lowest BCUT2D eigenvalue weighted by Crippen LogP contribution is -1.99. The lowest BCUT2D eigenvalue weighted by molar-refractivity contribution is 0.454. The van der Waals surface area contributed by atoms with Crippen molar-refractivity contribution in [1.82, 2.24) is 0 Å². The van der Waals surface area contributed by atoms with Gasteiger partial charge in [-0.3, -0.25) is 0 Å². The minimum Gasteiger partial charge on any atom is -0.507 e. The highest BCUT2D eigenvalue weighted by molar-refractivity contribution is 5.46. The summed E-state index contributed by atoms with van der Waals surface area (Å²) < 4.78 is 0. The SMILES string of the molecule is CCCCCCCCCCCCCCCCCCc1cc(C(C)C)c(O)c(C(C)C)c1. The van der Waals surface area contributed by atoms with Gasteiger partial charge in [0.05, 0.1) is 0 Å². The van der Waals surface area contributed by atoms with E-state index >= 15 is 0 Å². The highest BCUT2D eigenvalue weighted by Gasteiger charge is 2.14. The van der Waals surface area contributed by atoms with Gasteiger partial charge in [0.2, 0.25) is 0 Å². The first kappa shape index (κ1) is 28.1. The summed E-state index contributed by atoms with van der Waals surface area (Å²) in [5.74, 6) is 1.28. The van der Waals surface area contributed by atoms with Gasteiger partial charge in [0.15, 0.2) is 0 Å². The Labute approximate surface area is 195 Å². The molecule has 0 atom stereocenters. The summed E-state index contributed by atoms with van der Waals surface area (Å²) in [7, 11) is 0. The van der Waals surface area contributed by atoms with Crippen LogP contribution in [0.4, 0.5) is 0 Å². The first-order valence-electron chi connectivity index (χ1n) is 13.8. The second-order valence-corrected chi connectivity index (χ2v) is 10.5. The molecule has 0 aliphatic heterocycles. The zero-order valence-electron chi connectivity index (χ0n) is 21.8. The van der Waals surface area contributed by atoms with Gasteiger partial charge in [0.1, 0.15) is 5.75 Å². The average Bonchev–Trinajstić information content (AvgIpc) is 2.73. The molecule has 0 spiro atoms. The van der Waals surface area contributed by atoms with Crippen LogP contribution < -0.4 is 0 Å². The largest absolute Gasteiger partial charge is 0.507 e. The summed E-state index contributed by atoms with van der Waals surface area (Å²) in [5, 5.41) is 10.6. The van der Waals surface area contributed by atoms with E-state index in [1.165, 1.54) is 108 Å². The number of unbranched alkanes of at least 4 members (excludes halogenated alkanes) is 15. The molecule has 1 N–H and O–H groups in total. The molecule has 1 heteroatoms.